The van der Waals surface area contributed by atoms with Gasteiger partial charge in [-0.25, -0.2) is 9.50 Å². The summed E-state index contributed by atoms with van der Waals surface area (Å²) in [6.45, 7) is 2.28. The molecular formula is C13H14N4. The molecule has 86 valence electrons. The van der Waals surface area contributed by atoms with Crippen LogP contribution in [0.5, 0.6) is 0 Å². The van der Waals surface area contributed by atoms with Gasteiger partial charge in [0.25, 0.3) is 0 Å². The van der Waals surface area contributed by atoms with Crippen molar-refractivity contribution in [2.45, 2.75) is 26.2 Å². The Kier molecular flexibility index (Phi) is 2.32. The molecular weight excluding hydrogens is 212 g/mol. The van der Waals surface area contributed by atoms with E-state index in [1.807, 2.05) is 10.6 Å². The third-order valence-corrected chi connectivity index (χ3v) is 3.92. The third kappa shape index (κ3) is 1.59. The first-order valence-electron chi connectivity index (χ1n) is 6.00. The van der Waals surface area contributed by atoms with Crippen molar-refractivity contribution in [1.29, 1.82) is 5.26 Å². The highest BCUT2D eigenvalue weighted by Gasteiger charge is 2.28. The van der Waals surface area contributed by atoms with E-state index in [-0.39, 0.29) is 0 Å². The van der Waals surface area contributed by atoms with Gasteiger partial charge in [-0.1, -0.05) is 13.3 Å². The minimum absolute atomic E-state index is 0.704. The molecule has 0 radical (unpaired) electrons. The van der Waals surface area contributed by atoms with Gasteiger partial charge in [0.05, 0.1) is 23.0 Å². The Morgan fingerprint density at radius 1 is 1.53 bits per heavy atom. The fraction of sp³-hybridized carbons (Fsp3) is 0.462. The minimum Gasteiger partial charge on any atom is -0.241 e. The number of nitriles is 1. The van der Waals surface area contributed by atoms with Crippen LogP contribution in [0.15, 0.2) is 18.6 Å². The van der Waals surface area contributed by atoms with Crippen molar-refractivity contribution in [2.75, 3.05) is 0 Å². The van der Waals surface area contributed by atoms with Crippen molar-refractivity contribution < 1.29 is 0 Å². The monoisotopic (exact) mass is 226 g/mol. The van der Waals surface area contributed by atoms with E-state index in [1.165, 1.54) is 19.2 Å². The fourth-order valence-corrected chi connectivity index (χ4v) is 2.56. The fourth-order valence-electron chi connectivity index (χ4n) is 2.56. The minimum atomic E-state index is 0.704. The summed E-state index contributed by atoms with van der Waals surface area (Å²) >= 11 is 0. The number of aromatic nitrogens is 3. The molecule has 4 heteroatoms. The summed E-state index contributed by atoms with van der Waals surface area (Å²) in [5, 5.41) is 13.4. The smallest absolute Gasteiger partial charge is 0.136 e. The molecule has 2 aromatic heterocycles. The molecule has 2 unspecified atom stereocenters. The van der Waals surface area contributed by atoms with Gasteiger partial charge in [0.15, 0.2) is 0 Å². The lowest BCUT2D eigenvalue weighted by molar-refractivity contribution is 0.193. The quantitative estimate of drug-likeness (QED) is 0.788. The van der Waals surface area contributed by atoms with Crippen molar-refractivity contribution >= 4 is 5.52 Å². The zero-order chi connectivity index (χ0) is 11.8. The SMILES string of the molecule is CC1CCC1Cc1c(C#N)cc2cncnn12. The van der Waals surface area contributed by atoms with E-state index in [0.717, 1.165) is 29.1 Å². The summed E-state index contributed by atoms with van der Waals surface area (Å²) in [7, 11) is 0. The lowest BCUT2D eigenvalue weighted by Crippen LogP contribution is -2.25. The molecule has 2 heterocycles. The van der Waals surface area contributed by atoms with Crippen LogP contribution in [0.25, 0.3) is 5.52 Å². The lowest BCUT2D eigenvalue weighted by atomic mass is 9.72. The maximum atomic E-state index is 9.18. The van der Waals surface area contributed by atoms with Crippen LogP contribution in [0.3, 0.4) is 0 Å². The van der Waals surface area contributed by atoms with E-state index >= 15 is 0 Å². The Morgan fingerprint density at radius 3 is 3.06 bits per heavy atom. The number of nitrogens with zero attached hydrogens (tertiary/aromatic N) is 4. The Morgan fingerprint density at radius 2 is 2.41 bits per heavy atom. The Bertz CT molecular complexity index is 593. The summed E-state index contributed by atoms with van der Waals surface area (Å²) in [4.78, 5) is 3.99. The number of fused-ring (bicyclic) bond motifs is 1. The van der Waals surface area contributed by atoms with Crippen molar-refractivity contribution in [3.63, 3.8) is 0 Å². The van der Waals surface area contributed by atoms with Crippen LogP contribution < -0.4 is 0 Å². The standard InChI is InChI=1S/C13H14N4/c1-9-2-3-10(9)5-13-11(6-14)4-12-7-15-8-16-17(12)13/h4,7-10H,2-3,5H2,1H3. The first kappa shape index (κ1) is 10.3. The van der Waals surface area contributed by atoms with Gasteiger partial charge in [-0.05, 0) is 30.7 Å². The van der Waals surface area contributed by atoms with E-state index in [0.29, 0.717) is 5.92 Å². The van der Waals surface area contributed by atoms with Crippen molar-refractivity contribution in [1.82, 2.24) is 14.6 Å². The largest absolute Gasteiger partial charge is 0.241 e. The Balaban J connectivity index is 2.04. The molecule has 3 rings (SSSR count). The zero-order valence-electron chi connectivity index (χ0n) is 9.80. The van der Waals surface area contributed by atoms with E-state index in [2.05, 4.69) is 23.1 Å². The molecule has 2 aromatic rings. The highest BCUT2D eigenvalue weighted by molar-refractivity contribution is 5.54. The summed E-state index contributed by atoms with van der Waals surface area (Å²) < 4.78 is 1.86. The molecule has 1 saturated carbocycles. The van der Waals surface area contributed by atoms with E-state index in [4.69, 9.17) is 0 Å². The second-order valence-corrected chi connectivity index (χ2v) is 4.88. The van der Waals surface area contributed by atoms with Crippen LogP contribution in [0.2, 0.25) is 0 Å². The second kappa shape index (κ2) is 3.85. The molecule has 17 heavy (non-hydrogen) atoms. The van der Waals surface area contributed by atoms with Crippen molar-refractivity contribution in [2.24, 2.45) is 11.8 Å². The first-order valence-corrected chi connectivity index (χ1v) is 6.00. The van der Waals surface area contributed by atoms with Crippen LogP contribution in [-0.2, 0) is 6.42 Å². The topological polar surface area (TPSA) is 54.0 Å². The maximum absolute atomic E-state index is 9.18. The van der Waals surface area contributed by atoms with Crippen molar-refractivity contribution in [3.05, 3.63) is 29.8 Å². The molecule has 0 saturated heterocycles. The molecule has 0 spiro atoms. The van der Waals surface area contributed by atoms with Crippen LogP contribution in [-0.4, -0.2) is 14.6 Å². The number of hydrogen-bond acceptors (Lipinski definition) is 3. The summed E-state index contributed by atoms with van der Waals surface area (Å²) in [5.74, 6) is 1.48. The average molecular weight is 226 g/mol. The van der Waals surface area contributed by atoms with Crippen LogP contribution in [0.1, 0.15) is 31.0 Å². The van der Waals surface area contributed by atoms with Crippen LogP contribution in [0, 0.1) is 23.2 Å². The molecule has 1 aliphatic carbocycles. The van der Waals surface area contributed by atoms with E-state index in [9.17, 15) is 5.26 Å². The number of hydrogen-bond donors (Lipinski definition) is 0. The van der Waals surface area contributed by atoms with Gasteiger partial charge in [-0.3, -0.25) is 0 Å². The van der Waals surface area contributed by atoms with Crippen molar-refractivity contribution in [3.8, 4) is 6.07 Å². The molecule has 0 aliphatic heterocycles. The first-order chi connectivity index (χ1) is 8.29. The summed E-state index contributed by atoms with van der Waals surface area (Å²) in [6.07, 6.45) is 6.81. The van der Waals surface area contributed by atoms with Gasteiger partial charge in [-0.15, -0.1) is 0 Å². The predicted octanol–water partition coefficient (Wildman–Crippen LogP) is 2.19. The van der Waals surface area contributed by atoms with E-state index in [1.54, 1.807) is 6.20 Å². The van der Waals surface area contributed by atoms with Gasteiger partial charge in [0, 0.05) is 0 Å². The highest BCUT2D eigenvalue weighted by Crippen LogP contribution is 2.36. The normalized spacial score (nSPS) is 23.3. The average Bonchev–Trinajstić information content (AvgIpc) is 2.72. The van der Waals surface area contributed by atoms with Crippen LogP contribution in [0.4, 0.5) is 0 Å². The van der Waals surface area contributed by atoms with Gasteiger partial charge < -0.3 is 0 Å². The Labute approximate surface area is 99.9 Å². The van der Waals surface area contributed by atoms with Gasteiger partial charge in [0.2, 0.25) is 0 Å². The second-order valence-electron chi connectivity index (χ2n) is 4.88. The molecule has 0 N–H and O–H groups in total. The Hall–Kier alpha value is -1.89. The third-order valence-electron chi connectivity index (χ3n) is 3.92. The molecule has 0 amide bonds. The van der Waals surface area contributed by atoms with E-state index < -0.39 is 0 Å². The number of rotatable bonds is 2. The molecule has 1 aliphatic rings. The lowest BCUT2D eigenvalue weighted by Gasteiger charge is -2.33. The summed E-state index contributed by atoms with van der Waals surface area (Å²) in [6, 6.07) is 4.14. The zero-order valence-corrected chi connectivity index (χ0v) is 9.80. The van der Waals surface area contributed by atoms with Crippen LogP contribution >= 0.6 is 0 Å². The van der Waals surface area contributed by atoms with Gasteiger partial charge >= 0.3 is 0 Å². The molecule has 2 atom stereocenters. The molecule has 0 aromatic carbocycles. The highest BCUT2D eigenvalue weighted by atomic mass is 15.2. The van der Waals surface area contributed by atoms with Gasteiger partial charge in [0.1, 0.15) is 12.4 Å². The maximum Gasteiger partial charge on any atom is 0.136 e. The molecule has 4 nitrogen and oxygen atoms in total. The molecule has 1 fully saturated rings. The predicted molar refractivity (Wildman–Crippen MR) is 63.3 cm³/mol. The molecule has 0 bridgehead atoms. The van der Waals surface area contributed by atoms with Gasteiger partial charge in [-0.2, -0.15) is 10.4 Å². The summed E-state index contributed by atoms with van der Waals surface area (Å²) in [5.41, 5.74) is 2.69.